The van der Waals surface area contributed by atoms with E-state index < -0.39 is 12.1 Å². The molecular formula is C25H25F4N3O3. The first-order valence-electron chi connectivity index (χ1n) is 11.2. The van der Waals surface area contributed by atoms with Gasteiger partial charge in [0.1, 0.15) is 17.4 Å². The van der Waals surface area contributed by atoms with Crippen molar-refractivity contribution in [2.75, 3.05) is 13.7 Å². The largest absolute Gasteiger partial charge is 0.497 e. The minimum absolute atomic E-state index is 0.232. The lowest BCUT2D eigenvalue weighted by Gasteiger charge is -2.37. The maximum atomic E-state index is 14.1. The number of alkyl halides is 3. The zero-order valence-electron chi connectivity index (χ0n) is 19.0. The van der Waals surface area contributed by atoms with Crippen LogP contribution < -0.4 is 4.74 Å². The van der Waals surface area contributed by atoms with Gasteiger partial charge in [-0.15, -0.1) is 0 Å². The molecule has 5 rings (SSSR count). The van der Waals surface area contributed by atoms with Crippen molar-refractivity contribution < 1.29 is 32.2 Å². The molecule has 0 fully saturated rings. The summed E-state index contributed by atoms with van der Waals surface area (Å²) in [6.45, 7) is 1.86. The molecule has 0 spiro atoms. The third-order valence-corrected chi connectivity index (χ3v) is 6.37. The number of aromatic nitrogens is 2. The van der Waals surface area contributed by atoms with Crippen molar-refractivity contribution in [2.24, 2.45) is 0 Å². The van der Waals surface area contributed by atoms with Gasteiger partial charge in [0.15, 0.2) is 0 Å². The number of carboxylic acid groups (broad SMARTS) is 1. The van der Waals surface area contributed by atoms with E-state index in [4.69, 9.17) is 14.6 Å². The fraction of sp³-hybridized carbons (Fsp3) is 0.360. The normalized spacial score (nSPS) is 17.6. The smallest absolute Gasteiger partial charge is 0.490 e. The van der Waals surface area contributed by atoms with Crippen LogP contribution in [-0.2, 0) is 30.6 Å². The Balaban J connectivity index is 0.000000364. The van der Waals surface area contributed by atoms with Crippen LogP contribution in [0.15, 0.2) is 42.5 Å². The van der Waals surface area contributed by atoms with E-state index >= 15 is 0 Å². The Morgan fingerprint density at radius 1 is 1.17 bits per heavy atom. The Morgan fingerprint density at radius 3 is 2.60 bits per heavy atom. The molecule has 10 heteroatoms. The number of ether oxygens (including phenoxy) is 1. The Hall–Kier alpha value is -3.40. The topological polar surface area (TPSA) is 78.5 Å². The molecule has 0 amide bonds. The number of hydrogen-bond donors (Lipinski definition) is 2. The number of hydrogen-bond acceptors (Lipinski definition) is 4. The predicted octanol–water partition coefficient (Wildman–Crippen LogP) is 4.77. The zero-order valence-corrected chi connectivity index (χ0v) is 19.0. The van der Waals surface area contributed by atoms with Gasteiger partial charge in [-0.05, 0) is 54.7 Å². The van der Waals surface area contributed by atoms with E-state index in [2.05, 4.69) is 33.1 Å². The van der Waals surface area contributed by atoms with E-state index in [9.17, 15) is 17.6 Å². The molecular weight excluding hydrogens is 466 g/mol. The molecule has 1 unspecified atom stereocenters. The van der Waals surface area contributed by atoms with Crippen LogP contribution in [0.4, 0.5) is 17.6 Å². The molecule has 0 saturated heterocycles. The van der Waals surface area contributed by atoms with Crippen molar-refractivity contribution >= 4 is 5.97 Å². The number of aromatic amines is 1. The number of nitrogens with zero attached hydrogens (tertiary/aromatic N) is 2. The number of halogens is 4. The van der Waals surface area contributed by atoms with Crippen molar-refractivity contribution in [3.05, 3.63) is 70.8 Å². The molecule has 2 aromatic carbocycles. The molecule has 1 aliphatic carbocycles. The third kappa shape index (κ3) is 5.64. The van der Waals surface area contributed by atoms with Crippen LogP contribution in [-0.4, -0.2) is 51.8 Å². The fourth-order valence-corrected chi connectivity index (χ4v) is 4.56. The monoisotopic (exact) mass is 491 g/mol. The fourth-order valence-electron chi connectivity index (χ4n) is 4.56. The second kappa shape index (κ2) is 10.1. The second-order valence-corrected chi connectivity index (χ2v) is 8.55. The van der Waals surface area contributed by atoms with Gasteiger partial charge < -0.3 is 14.8 Å². The van der Waals surface area contributed by atoms with Gasteiger partial charge in [-0.3, -0.25) is 4.90 Å². The number of methoxy groups -OCH3 is 1. The highest BCUT2D eigenvalue weighted by Crippen LogP contribution is 2.31. The highest BCUT2D eigenvalue weighted by Gasteiger charge is 2.38. The molecule has 35 heavy (non-hydrogen) atoms. The highest BCUT2D eigenvalue weighted by molar-refractivity contribution is 5.73. The van der Waals surface area contributed by atoms with E-state index in [0.29, 0.717) is 17.4 Å². The number of rotatable bonds is 3. The SMILES string of the molecule is COc1ccc2c(c1)CCC(N1CCc3nc(-c4ccccc4F)[nH]c3C1)C2.O=C(O)C(F)(F)F. The summed E-state index contributed by atoms with van der Waals surface area (Å²) in [7, 11) is 1.72. The van der Waals surface area contributed by atoms with Gasteiger partial charge in [0.2, 0.25) is 0 Å². The molecule has 2 heterocycles. The average Bonchev–Trinajstić information content (AvgIpc) is 3.26. The first-order valence-corrected chi connectivity index (χ1v) is 11.2. The van der Waals surface area contributed by atoms with E-state index in [1.807, 2.05) is 6.07 Å². The van der Waals surface area contributed by atoms with E-state index in [1.165, 1.54) is 17.2 Å². The molecule has 0 saturated carbocycles. The number of imidazole rings is 1. The van der Waals surface area contributed by atoms with Gasteiger partial charge >= 0.3 is 12.1 Å². The molecule has 0 radical (unpaired) electrons. The molecule has 1 aromatic heterocycles. The zero-order chi connectivity index (χ0) is 25.2. The van der Waals surface area contributed by atoms with Crippen LogP contribution >= 0.6 is 0 Å². The van der Waals surface area contributed by atoms with Crippen LogP contribution in [0.1, 0.15) is 28.9 Å². The minimum atomic E-state index is -5.08. The van der Waals surface area contributed by atoms with Crippen LogP contribution in [0, 0.1) is 5.82 Å². The van der Waals surface area contributed by atoms with E-state index in [1.54, 1.807) is 19.2 Å². The molecule has 0 bridgehead atoms. The minimum Gasteiger partial charge on any atom is -0.497 e. The molecule has 2 N–H and O–H groups in total. The molecule has 2 aliphatic rings. The van der Waals surface area contributed by atoms with Gasteiger partial charge in [-0.25, -0.2) is 14.2 Å². The quantitative estimate of drug-likeness (QED) is 0.516. The second-order valence-electron chi connectivity index (χ2n) is 8.55. The number of fused-ring (bicyclic) bond motifs is 2. The molecule has 3 aromatic rings. The number of nitrogens with one attached hydrogen (secondary N) is 1. The van der Waals surface area contributed by atoms with Crippen LogP contribution in [0.5, 0.6) is 5.75 Å². The average molecular weight is 491 g/mol. The Morgan fingerprint density at radius 2 is 1.91 bits per heavy atom. The lowest BCUT2D eigenvalue weighted by molar-refractivity contribution is -0.192. The number of H-pyrrole nitrogens is 1. The summed E-state index contributed by atoms with van der Waals surface area (Å²) in [5.41, 5.74) is 5.60. The third-order valence-electron chi connectivity index (χ3n) is 6.37. The maximum Gasteiger partial charge on any atom is 0.490 e. The standard InChI is InChI=1S/C23H24FN3O.C2HF3O2/c1-28-18-9-7-15-12-17(8-6-16(15)13-18)27-11-10-21-22(14-27)26-23(25-21)19-4-2-3-5-20(19)24;3-2(4,5)1(6)7/h2-5,7,9,13,17H,6,8,10-12,14H2,1H3,(H,25,26);(H,6,7). The van der Waals surface area contributed by atoms with Crippen LogP contribution in [0.2, 0.25) is 0 Å². The van der Waals surface area contributed by atoms with Crippen molar-refractivity contribution in [2.45, 2.75) is 44.4 Å². The Labute approximate surface area is 199 Å². The Bertz CT molecular complexity index is 1210. The summed E-state index contributed by atoms with van der Waals surface area (Å²) in [6.07, 6.45) is -0.858. The number of aliphatic carboxylic acids is 1. The number of aryl methyl sites for hydroxylation is 1. The molecule has 186 valence electrons. The maximum absolute atomic E-state index is 14.1. The van der Waals surface area contributed by atoms with Gasteiger partial charge in [0.05, 0.1) is 24.1 Å². The Kier molecular flexibility index (Phi) is 7.11. The van der Waals surface area contributed by atoms with Crippen LogP contribution in [0.25, 0.3) is 11.4 Å². The van der Waals surface area contributed by atoms with Gasteiger partial charge in [0.25, 0.3) is 0 Å². The predicted molar refractivity (Wildman–Crippen MR) is 121 cm³/mol. The number of benzene rings is 2. The summed E-state index contributed by atoms with van der Waals surface area (Å²) in [5, 5.41) is 7.12. The van der Waals surface area contributed by atoms with Crippen LogP contribution in [0.3, 0.4) is 0 Å². The lowest BCUT2D eigenvalue weighted by Crippen LogP contribution is -2.42. The first-order chi connectivity index (χ1) is 16.7. The van der Waals surface area contributed by atoms with Gasteiger partial charge in [0, 0.05) is 25.6 Å². The summed E-state index contributed by atoms with van der Waals surface area (Å²) in [6, 6.07) is 13.8. The summed E-state index contributed by atoms with van der Waals surface area (Å²) < 4.78 is 51.2. The molecule has 1 atom stereocenters. The number of carbonyl (C=O) groups is 1. The molecule has 1 aliphatic heterocycles. The van der Waals surface area contributed by atoms with Crippen molar-refractivity contribution in [3.8, 4) is 17.1 Å². The number of carboxylic acids is 1. The van der Waals surface area contributed by atoms with Crippen molar-refractivity contribution in [1.82, 2.24) is 14.9 Å². The summed E-state index contributed by atoms with van der Waals surface area (Å²) in [4.78, 5) is 19.5. The van der Waals surface area contributed by atoms with E-state index in [0.717, 1.165) is 55.9 Å². The molecule has 6 nitrogen and oxygen atoms in total. The van der Waals surface area contributed by atoms with Gasteiger partial charge in [-0.1, -0.05) is 18.2 Å². The van der Waals surface area contributed by atoms with Crippen molar-refractivity contribution in [1.29, 1.82) is 0 Å². The summed E-state index contributed by atoms with van der Waals surface area (Å²) >= 11 is 0. The first kappa shape index (κ1) is 24.7. The van der Waals surface area contributed by atoms with Gasteiger partial charge in [-0.2, -0.15) is 13.2 Å². The highest BCUT2D eigenvalue weighted by atomic mass is 19.4. The summed E-state index contributed by atoms with van der Waals surface area (Å²) in [5.74, 6) is -1.40. The lowest BCUT2D eigenvalue weighted by atomic mass is 9.86. The van der Waals surface area contributed by atoms with E-state index in [-0.39, 0.29) is 5.82 Å². The van der Waals surface area contributed by atoms with Crippen molar-refractivity contribution in [3.63, 3.8) is 0 Å².